The molecule has 3 N–H and O–H groups in total. The molecule has 0 aliphatic carbocycles. The number of likely N-dealkylation sites (tertiary alicyclic amines) is 1. The third kappa shape index (κ3) is 3.09. The third-order valence-corrected chi connectivity index (χ3v) is 4.49. The first-order chi connectivity index (χ1) is 9.15. The molecule has 0 spiro atoms. The van der Waals surface area contributed by atoms with Gasteiger partial charge in [0, 0.05) is 12.2 Å². The van der Waals surface area contributed by atoms with Crippen molar-refractivity contribution >= 4 is 27.5 Å². The standard InChI is InChI=1S/C14H19BrN2O2/c15-13-11(6-4-7-12(13)16)14(19)17-8-3-1-2-5-10(17)9-18/h4,6-7,10,18H,1-3,5,8-9,16H2. The average molecular weight is 327 g/mol. The summed E-state index contributed by atoms with van der Waals surface area (Å²) in [4.78, 5) is 14.4. The molecule has 1 amide bonds. The smallest absolute Gasteiger partial charge is 0.255 e. The van der Waals surface area contributed by atoms with Gasteiger partial charge in [0.05, 0.1) is 22.7 Å². The van der Waals surface area contributed by atoms with E-state index < -0.39 is 0 Å². The topological polar surface area (TPSA) is 66.6 Å². The van der Waals surface area contributed by atoms with Crippen LogP contribution in [0.2, 0.25) is 0 Å². The minimum absolute atomic E-state index is 0.0195. The Kier molecular flexibility index (Phi) is 4.82. The SMILES string of the molecule is Nc1cccc(C(=O)N2CCCCCC2CO)c1Br. The van der Waals surface area contributed by atoms with E-state index in [0.29, 0.717) is 22.3 Å². The molecule has 5 heteroatoms. The summed E-state index contributed by atoms with van der Waals surface area (Å²) in [5, 5.41) is 9.48. The highest BCUT2D eigenvalue weighted by molar-refractivity contribution is 9.10. The van der Waals surface area contributed by atoms with Gasteiger partial charge in [-0.1, -0.05) is 18.9 Å². The van der Waals surface area contributed by atoms with Crippen LogP contribution in [-0.4, -0.2) is 35.1 Å². The van der Waals surface area contributed by atoms with Crippen LogP contribution in [0.3, 0.4) is 0 Å². The first-order valence-electron chi connectivity index (χ1n) is 6.61. The lowest BCUT2D eigenvalue weighted by atomic mass is 10.1. The summed E-state index contributed by atoms with van der Waals surface area (Å²) in [5.74, 6) is -0.0554. The van der Waals surface area contributed by atoms with Crippen LogP contribution >= 0.6 is 15.9 Å². The molecule has 1 atom stereocenters. The summed E-state index contributed by atoms with van der Waals surface area (Å²) in [6.07, 6.45) is 4.02. The summed E-state index contributed by atoms with van der Waals surface area (Å²) in [7, 11) is 0. The lowest BCUT2D eigenvalue weighted by Gasteiger charge is -2.29. The maximum atomic E-state index is 12.6. The Hall–Kier alpha value is -1.07. The van der Waals surface area contributed by atoms with Gasteiger partial charge in [0.2, 0.25) is 0 Å². The Bertz CT molecular complexity index is 465. The van der Waals surface area contributed by atoms with Crippen molar-refractivity contribution < 1.29 is 9.90 Å². The molecule has 1 aliphatic rings. The second-order valence-electron chi connectivity index (χ2n) is 4.89. The van der Waals surface area contributed by atoms with E-state index in [9.17, 15) is 9.90 Å². The summed E-state index contributed by atoms with van der Waals surface area (Å²) in [6.45, 7) is 0.719. The van der Waals surface area contributed by atoms with Crippen molar-refractivity contribution in [3.63, 3.8) is 0 Å². The summed E-state index contributed by atoms with van der Waals surface area (Å²) in [6, 6.07) is 5.22. The molecule has 1 aromatic carbocycles. The minimum Gasteiger partial charge on any atom is -0.398 e. The zero-order chi connectivity index (χ0) is 13.8. The molecule has 1 unspecified atom stereocenters. The van der Waals surface area contributed by atoms with Crippen LogP contribution in [0.25, 0.3) is 0 Å². The number of anilines is 1. The molecular weight excluding hydrogens is 308 g/mol. The number of hydrogen-bond acceptors (Lipinski definition) is 3. The van der Waals surface area contributed by atoms with E-state index in [1.807, 2.05) is 0 Å². The maximum absolute atomic E-state index is 12.6. The van der Waals surface area contributed by atoms with E-state index in [1.165, 1.54) is 0 Å². The van der Waals surface area contributed by atoms with Gasteiger partial charge < -0.3 is 15.7 Å². The molecule has 4 nitrogen and oxygen atoms in total. The van der Waals surface area contributed by atoms with E-state index in [-0.39, 0.29) is 18.6 Å². The predicted octanol–water partition coefficient (Wildman–Crippen LogP) is 2.41. The fourth-order valence-electron chi connectivity index (χ4n) is 2.50. The fourth-order valence-corrected chi connectivity index (χ4v) is 2.94. The number of carbonyl (C=O) groups is 1. The number of nitrogen functional groups attached to an aromatic ring is 1. The number of carbonyl (C=O) groups excluding carboxylic acids is 1. The highest BCUT2D eigenvalue weighted by Gasteiger charge is 2.27. The first kappa shape index (κ1) is 14.3. The number of rotatable bonds is 2. The summed E-state index contributed by atoms with van der Waals surface area (Å²) >= 11 is 3.37. The molecule has 1 heterocycles. The largest absolute Gasteiger partial charge is 0.398 e. The molecule has 1 saturated heterocycles. The zero-order valence-corrected chi connectivity index (χ0v) is 12.4. The van der Waals surface area contributed by atoms with Crippen molar-refractivity contribution in [2.24, 2.45) is 0 Å². The van der Waals surface area contributed by atoms with Crippen molar-refractivity contribution in [3.8, 4) is 0 Å². The van der Waals surface area contributed by atoms with Gasteiger partial charge in [-0.05, 0) is 40.9 Å². The number of aliphatic hydroxyl groups is 1. The molecule has 104 valence electrons. The Labute approximate surface area is 121 Å². The molecule has 2 rings (SSSR count). The Balaban J connectivity index is 2.28. The number of nitrogens with zero attached hydrogens (tertiary/aromatic N) is 1. The van der Waals surface area contributed by atoms with Crippen LogP contribution in [0.1, 0.15) is 36.0 Å². The second-order valence-corrected chi connectivity index (χ2v) is 5.69. The third-order valence-electron chi connectivity index (χ3n) is 3.61. The van der Waals surface area contributed by atoms with E-state index in [0.717, 1.165) is 25.7 Å². The van der Waals surface area contributed by atoms with Crippen molar-refractivity contribution in [1.29, 1.82) is 0 Å². The number of hydrogen-bond donors (Lipinski definition) is 2. The van der Waals surface area contributed by atoms with Gasteiger partial charge in [-0.25, -0.2) is 0 Å². The number of nitrogens with two attached hydrogens (primary N) is 1. The maximum Gasteiger partial charge on any atom is 0.255 e. The van der Waals surface area contributed by atoms with Gasteiger partial charge in [-0.2, -0.15) is 0 Å². The fraction of sp³-hybridized carbons (Fsp3) is 0.500. The van der Waals surface area contributed by atoms with Crippen LogP contribution in [0.5, 0.6) is 0 Å². The van der Waals surface area contributed by atoms with Crippen LogP contribution in [-0.2, 0) is 0 Å². The second kappa shape index (κ2) is 6.39. The molecule has 1 fully saturated rings. The number of amides is 1. The van der Waals surface area contributed by atoms with Crippen LogP contribution in [0, 0.1) is 0 Å². The van der Waals surface area contributed by atoms with Crippen molar-refractivity contribution in [3.05, 3.63) is 28.2 Å². The van der Waals surface area contributed by atoms with Gasteiger partial charge in [0.1, 0.15) is 0 Å². The van der Waals surface area contributed by atoms with Crippen molar-refractivity contribution in [1.82, 2.24) is 4.90 Å². The highest BCUT2D eigenvalue weighted by atomic mass is 79.9. The molecule has 0 radical (unpaired) electrons. The predicted molar refractivity (Wildman–Crippen MR) is 78.9 cm³/mol. The molecule has 0 saturated carbocycles. The monoisotopic (exact) mass is 326 g/mol. The molecule has 1 aromatic rings. The van der Waals surface area contributed by atoms with Gasteiger partial charge in [0.15, 0.2) is 0 Å². The Morgan fingerprint density at radius 2 is 2.21 bits per heavy atom. The quantitative estimate of drug-likeness (QED) is 0.820. The zero-order valence-electron chi connectivity index (χ0n) is 10.8. The average Bonchev–Trinajstić information content (AvgIpc) is 2.66. The van der Waals surface area contributed by atoms with Crippen LogP contribution in [0.4, 0.5) is 5.69 Å². The summed E-state index contributed by atoms with van der Waals surface area (Å²) < 4.78 is 0.640. The molecule has 0 aromatic heterocycles. The van der Waals surface area contributed by atoms with Crippen LogP contribution in [0.15, 0.2) is 22.7 Å². The molecule has 1 aliphatic heterocycles. The highest BCUT2D eigenvalue weighted by Crippen LogP contribution is 2.27. The molecular formula is C14H19BrN2O2. The minimum atomic E-state index is -0.0802. The van der Waals surface area contributed by atoms with E-state index >= 15 is 0 Å². The first-order valence-corrected chi connectivity index (χ1v) is 7.40. The number of aliphatic hydroxyl groups excluding tert-OH is 1. The number of halogens is 1. The van der Waals surface area contributed by atoms with Gasteiger partial charge in [-0.15, -0.1) is 0 Å². The van der Waals surface area contributed by atoms with Crippen molar-refractivity contribution in [2.75, 3.05) is 18.9 Å². The van der Waals surface area contributed by atoms with E-state index in [4.69, 9.17) is 5.73 Å². The Morgan fingerprint density at radius 1 is 1.42 bits per heavy atom. The lowest BCUT2D eigenvalue weighted by molar-refractivity contribution is 0.0599. The van der Waals surface area contributed by atoms with Crippen LogP contribution < -0.4 is 5.73 Å². The molecule has 19 heavy (non-hydrogen) atoms. The number of benzene rings is 1. The van der Waals surface area contributed by atoms with Crippen molar-refractivity contribution in [2.45, 2.75) is 31.7 Å². The van der Waals surface area contributed by atoms with Gasteiger partial charge in [-0.3, -0.25) is 4.79 Å². The Morgan fingerprint density at radius 3 is 2.95 bits per heavy atom. The van der Waals surface area contributed by atoms with E-state index in [1.54, 1.807) is 23.1 Å². The summed E-state index contributed by atoms with van der Waals surface area (Å²) in [5.41, 5.74) is 6.95. The molecule has 0 bridgehead atoms. The normalized spacial score (nSPS) is 20.1. The lowest BCUT2D eigenvalue weighted by Crippen LogP contribution is -2.42. The van der Waals surface area contributed by atoms with Gasteiger partial charge in [0.25, 0.3) is 5.91 Å². The van der Waals surface area contributed by atoms with Gasteiger partial charge >= 0.3 is 0 Å². The van der Waals surface area contributed by atoms with E-state index in [2.05, 4.69) is 15.9 Å².